The first-order valence-electron chi connectivity index (χ1n) is 6.78. The topological polar surface area (TPSA) is 35.0 Å². The molecule has 0 N–H and O–H groups in total. The van der Waals surface area contributed by atoms with Crippen molar-refractivity contribution >= 4 is 0 Å². The van der Waals surface area contributed by atoms with Crippen LogP contribution in [0.4, 0.5) is 0 Å². The molecular weight excluding hydrogens is 236 g/mol. The predicted molar refractivity (Wildman–Crippen MR) is 75.4 cm³/mol. The molecule has 0 radical (unpaired) electrons. The minimum Gasteiger partial charge on any atom is -0.467 e. The molecule has 19 heavy (non-hydrogen) atoms. The lowest BCUT2D eigenvalue weighted by molar-refractivity contribution is 0.379. The van der Waals surface area contributed by atoms with Gasteiger partial charge in [-0.2, -0.15) is 4.98 Å². The van der Waals surface area contributed by atoms with Crippen LogP contribution in [0.5, 0.6) is 6.01 Å². The number of nitrogens with zero attached hydrogens (tertiary/aromatic N) is 2. The van der Waals surface area contributed by atoms with Crippen LogP contribution in [0.1, 0.15) is 29.7 Å². The summed E-state index contributed by atoms with van der Waals surface area (Å²) in [6, 6.07) is 9.12. The monoisotopic (exact) mass is 254 g/mol. The number of aromatic nitrogens is 2. The van der Waals surface area contributed by atoms with Crippen molar-refractivity contribution in [2.45, 2.75) is 32.6 Å². The summed E-state index contributed by atoms with van der Waals surface area (Å²) in [5, 5.41) is 0. The van der Waals surface area contributed by atoms with Crippen molar-refractivity contribution in [3.8, 4) is 17.3 Å². The Balaban J connectivity index is 2.04. The largest absolute Gasteiger partial charge is 0.467 e. The fourth-order valence-corrected chi connectivity index (χ4v) is 2.67. The normalized spacial score (nSPS) is 14.0. The third-order valence-electron chi connectivity index (χ3n) is 3.66. The first kappa shape index (κ1) is 12.2. The summed E-state index contributed by atoms with van der Waals surface area (Å²) in [6.45, 7) is 1.96. The van der Waals surface area contributed by atoms with Gasteiger partial charge >= 0.3 is 6.01 Å². The highest BCUT2D eigenvalue weighted by Crippen LogP contribution is 2.27. The number of aryl methyl sites for hydroxylation is 3. The zero-order valence-corrected chi connectivity index (χ0v) is 11.4. The SMILES string of the molecule is COc1nc(C)cc(-c2ccc3c(c2)CCCC3)n1. The maximum atomic E-state index is 5.15. The van der Waals surface area contributed by atoms with Gasteiger partial charge in [0.25, 0.3) is 0 Å². The van der Waals surface area contributed by atoms with E-state index in [0.29, 0.717) is 6.01 Å². The maximum Gasteiger partial charge on any atom is 0.316 e. The van der Waals surface area contributed by atoms with Crippen LogP contribution < -0.4 is 4.74 Å². The second-order valence-electron chi connectivity index (χ2n) is 5.07. The van der Waals surface area contributed by atoms with Gasteiger partial charge in [-0.05, 0) is 55.9 Å². The third-order valence-corrected chi connectivity index (χ3v) is 3.66. The van der Waals surface area contributed by atoms with Gasteiger partial charge in [-0.15, -0.1) is 0 Å². The van der Waals surface area contributed by atoms with E-state index in [-0.39, 0.29) is 0 Å². The molecule has 3 rings (SSSR count). The van der Waals surface area contributed by atoms with E-state index in [1.54, 1.807) is 7.11 Å². The lowest BCUT2D eigenvalue weighted by atomic mass is 9.90. The van der Waals surface area contributed by atoms with Gasteiger partial charge in [0.1, 0.15) is 0 Å². The summed E-state index contributed by atoms with van der Waals surface area (Å²) in [5.74, 6) is 0. The van der Waals surface area contributed by atoms with E-state index in [1.165, 1.54) is 36.8 Å². The first-order valence-corrected chi connectivity index (χ1v) is 6.78. The van der Waals surface area contributed by atoms with E-state index in [2.05, 4.69) is 28.2 Å². The second kappa shape index (κ2) is 5.00. The standard InChI is InChI=1S/C16H18N2O/c1-11-9-15(18-16(17-11)19-2)14-8-7-12-5-3-4-6-13(12)10-14/h7-10H,3-6H2,1-2H3. The Morgan fingerprint density at radius 1 is 1.00 bits per heavy atom. The smallest absolute Gasteiger partial charge is 0.316 e. The van der Waals surface area contributed by atoms with Crippen molar-refractivity contribution < 1.29 is 4.74 Å². The van der Waals surface area contributed by atoms with Crippen molar-refractivity contribution in [2.24, 2.45) is 0 Å². The van der Waals surface area contributed by atoms with Crippen molar-refractivity contribution in [1.82, 2.24) is 9.97 Å². The summed E-state index contributed by atoms with van der Waals surface area (Å²) in [5.41, 5.74) is 5.99. The van der Waals surface area contributed by atoms with E-state index >= 15 is 0 Å². The van der Waals surface area contributed by atoms with Crippen LogP contribution in [-0.4, -0.2) is 17.1 Å². The fraction of sp³-hybridized carbons (Fsp3) is 0.375. The van der Waals surface area contributed by atoms with E-state index in [1.807, 2.05) is 13.0 Å². The van der Waals surface area contributed by atoms with Crippen LogP contribution in [0.3, 0.4) is 0 Å². The predicted octanol–water partition coefficient (Wildman–Crippen LogP) is 3.34. The maximum absolute atomic E-state index is 5.15. The Morgan fingerprint density at radius 2 is 1.79 bits per heavy atom. The molecule has 3 nitrogen and oxygen atoms in total. The quantitative estimate of drug-likeness (QED) is 0.824. The van der Waals surface area contributed by atoms with Gasteiger partial charge in [-0.3, -0.25) is 0 Å². The molecule has 0 spiro atoms. The Kier molecular flexibility index (Phi) is 3.20. The molecule has 0 atom stereocenters. The molecule has 0 fully saturated rings. The highest BCUT2D eigenvalue weighted by Gasteiger charge is 2.11. The van der Waals surface area contributed by atoms with Crippen LogP contribution in [0.2, 0.25) is 0 Å². The molecule has 0 aliphatic heterocycles. The molecule has 1 heterocycles. The first-order chi connectivity index (χ1) is 9.26. The summed E-state index contributed by atoms with van der Waals surface area (Å²) in [6.07, 6.45) is 5.00. The van der Waals surface area contributed by atoms with Gasteiger partial charge in [-0.1, -0.05) is 12.1 Å². The molecule has 1 aliphatic carbocycles. The van der Waals surface area contributed by atoms with Crippen LogP contribution in [-0.2, 0) is 12.8 Å². The molecule has 98 valence electrons. The number of hydrogen-bond donors (Lipinski definition) is 0. The Hall–Kier alpha value is -1.90. The van der Waals surface area contributed by atoms with Crippen LogP contribution >= 0.6 is 0 Å². The summed E-state index contributed by atoms with van der Waals surface area (Å²) in [7, 11) is 1.60. The fourth-order valence-electron chi connectivity index (χ4n) is 2.67. The highest BCUT2D eigenvalue weighted by molar-refractivity contribution is 5.62. The van der Waals surface area contributed by atoms with Crippen molar-refractivity contribution in [1.29, 1.82) is 0 Å². The average Bonchev–Trinajstić information content (AvgIpc) is 2.46. The van der Waals surface area contributed by atoms with Gasteiger partial charge in [0, 0.05) is 11.3 Å². The lowest BCUT2D eigenvalue weighted by Crippen LogP contribution is -2.03. The number of rotatable bonds is 2. The summed E-state index contributed by atoms with van der Waals surface area (Å²) in [4.78, 5) is 8.67. The third kappa shape index (κ3) is 2.46. The zero-order valence-electron chi connectivity index (χ0n) is 11.4. The van der Waals surface area contributed by atoms with Crippen LogP contribution in [0, 0.1) is 6.92 Å². The van der Waals surface area contributed by atoms with Crippen molar-refractivity contribution in [3.05, 3.63) is 41.1 Å². The molecule has 1 aromatic heterocycles. The second-order valence-corrected chi connectivity index (χ2v) is 5.07. The van der Waals surface area contributed by atoms with E-state index in [9.17, 15) is 0 Å². The van der Waals surface area contributed by atoms with Crippen LogP contribution in [0.15, 0.2) is 24.3 Å². The van der Waals surface area contributed by atoms with Crippen molar-refractivity contribution in [3.63, 3.8) is 0 Å². The van der Waals surface area contributed by atoms with Gasteiger partial charge in [0.05, 0.1) is 12.8 Å². The molecular formula is C16H18N2O. The van der Waals surface area contributed by atoms with Crippen molar-refractivity contribution in [2.75, 3.05) is 7.11 Å². The molecule has 0 unspecified atom stereocenters. The number of hydrogen-bond acceptors (Lipinski definition) is 3. The Labute approximate surface area is 113 Å². The molecule has 1 aromatic carbocycles. The Morgan fingerprint density at radius 3 is 2.58 bits per heavy atom. The molecule has 0 saturated heterocycles. The number of fused-ring (bicyclic) bond motifs is 1. The number of methoxy groups -OCH3 is 1. The van der Waals surface area contributed by atoms with Crippen LogP contribution in [0.25, 0.3) is 11.3 Å². The van der Waals surface area contributed by atoms with Gasteiger partial charge < -0.3 is 4.74 Å². The average molecular weight is 254 g/mol. The molecule has 1 aliphatic rings. The number of ether oxygens (including phenoxy) is 1. The Bertz CT molecular complexity index is 608. The van der Waals surface area contributed by atoms with E-state index in [4.69, 9.17) is 4.74 Å². The van der Waals surface area contributed by atoms with E-state index in [0.717, 1.165) is 17.0 Å². The minimum atomic E-state index is 0.438. The molecule has 0 amide bonds. The lowest BCUT2D eigenvalue weighted by Gasteiger charge is -2.16. The molecule has 0 saturated carbocycles. The zero-order chi connectivity index (χ0) is 13.2. The summed E-state index contributed by atoms with van der Waals surface area (Å²) < 4.78 is 5.15. The molecule has 3 heteroatoms. The highest BCUT2D eigenvalue weighted by atomic mass is 16.5. The minimum absolute atomic E-state index is 0.438. The molecule has 0 bridgehead atoms. The van der Waals surface area contributed by atoms with Gasteiger partial charge in [-0.25, -0.2) is 4.98 Å². The molecule has 2 aromatic rings. The van der Waals surface area contributed by atoms with Gasteiger partial charge in [0.15, 0.2) is 0 Å². The number of benzene rings is 1. The van der Waals surface area contributed by atoms with E-state index < -0.39 is 0 Å². The van der Waals surface area contributed by atoms with Gasteiger partial charge in [0.2, 0.25) is 0 Å². The summed E-state index contributed by atoms with van der Waals surface area (Å²) >= 11 is 0.